The molecule has 0 amide bonds. The highest BCUT2D eigenvalue weighted by molar-refractivity contribution is 5.66. The molecule has 1 fully saturated rings. The summed E-state index contributed by atoms with van der Waals surface area (Å²) in [6.07, 6.45) is -1.41. The van der Waals surface area contributed by atoms with Crippen LogP contribution >= 0.6 is 0 Å². The van der Waals surface area contributed by atoms with E-state index in [1.807, 2.05) is 64.0 Å². The summed E-state index contributed by atoms with van der Waals surface area (Å²) in [6, 6.07) is 15.6. The lowest BCUT2D eigenvalue weighted by Gasteiger charge is -2.33. The third kappa shape index (κ3) is 3.33. The molecule has 0 saturated carbocycles. The van der Waals surface area contributed by atoms with Crippen LogP contribution in [-0.2, 0) is 6.54 Å². The van der Waals surface area contributed by atoms with Gasteiger partial charge in [0.05, 0.1) is 17.3 Å². The van der Waals surface area contributed by atoms with Crippen molar-refractivity contribution in [1.29, 1.82) is 0 Å². The average molecular weight is 359 g/mol. The summed E-state index contributed by atoms with van der Waals surface area (Å²) in [5.74, 6) is -1.24. The number of benzene rings is 1. The molecule has 1 aromatic carbocycles. The van der Waals surface area contributed by atoms with Gasteiger partial charge in [0.2, 0.25) is 0 Å². The second-order valence-electron chi connectivity index (χ2n) is 6.82. The van der Waals surface area contributed by atoms with Crippen LogP contribution < -0.4 is 0 Å². The number of hydrogen-bond donors (Lipinski definition) is 0. The fourth-order valence-corrected chi connectivity index (χ4v) is 3.70. The van der Waals surface area contributed by atoms with Crippen LogP contribution in [0.25, 0.3) is 16.9 Å². The van der Waals surface area contributed by atoms with Crippen LogP contribution in [0, 0.1) is 5.92 Å². The van der Waals surface area contributed by atoms with Gasteiger partial charge in [0.25, 0.3) is 0 Å². The topological polar surface area (TPSA) is 20.5 Å². The van der Waals surface area contributed by atoms with Gasteiger partial charge in [-0.05, 0) is 31.5 Å². The van der Waals surface area contributed by atoms with Crippen molar-refractivity contribution in [3.05, 3.63) is 60.4 Å². The largest absolute Gasteiger partial charge is 0.393 e. The van der Waals surface area contributed by atoms with Gasteiger partial charge in [-0.2, -0.15) is 13.2 Å². The molecule has 4 rings (SSSR count). The smallest absolute Gasteiger partial charge is 0.302 e. The molecular formula is C20H20F3N3. The number of piperidine rings is 1. The third-order valence-corrected chi connectivity index (χ3v) is 5.02. The number of halogens is 3. The summed E-state index contributed by atoms with van der Waals surface area (Å²) < 4.78 is 41.4. The van der Waals surface area contributed by atoms with Gasteiger partial charge in [0, 0.05) is 24.8 Å². The van der Waals surface area contributed by atoms with Gasteiger partial charge in [-0.3, -0.25) is 4.90 Å². The number of fused-ring (bicyclic) bond motifs is 1. The van der Waals surface area contributed by atoms with E-state index >= 15 is 0 Å². The highest BCUT2D eigenvalue weighted by atomic mass is 19.4. The molecule has 3 heterocycles. The summed E-state index contributed by atoms with van der Waals surface area (Å²) >= 11 is 0. The molecule has 3 aromatic rings. The van der Waals surface area contributed by atoms with Gasteiger partial charge in [0.15, 0.2) is 0 Å². The summed E-state index contributed by atoms with van der Waals surface area (Å²) in [5.41, 5.74) is 3.57. The Kier molecular flexibility index (Phi) is 4.44. The lowest BCUT2D eigenvalue weighted by atomic mass is 9.97. The number of imidazole rings is 1. The van der Waals surface area contributed by atoms with Gasteiger partial charge in [-0.1, -0.05) is 36.4 Å². The molecule has 1 atom stereocenters. The van der Waals surface area contributed by atoms with Gasteiger partial charge >= 0.3 is 6.18 Å². The first kappa shape index (κ1) is 17.1. The monoisotopic (exact) mass is 359 g/mol. The van der Waals surface area contributed by atoms with Gasteiger partial charge in [-0.25, -0.2) is 4.98 Å². The molecule has 0 radical (unpaired) electrons. The van der Waals surface area contributed by atoms with E-state index in [4.69, 9.17) is 4.98 Å². The normalized spacial score (nSPS) is 19.1. The lowest BCUT2D eigenvalue weighted by molar-refractivity contribution is -0.187. The second kappa shape index (κ2) is 6.76. The minimum atomic E-state index is -4.12. The number of alkyl halides is 3. The van der Waals surface area contributed by atoms with Crippen LogP contribution in [0.2, 0.25) is 0 Å². The first-order chi connectivity index (χ1) is 12.5. The van der Waals surface area contributed by atoms with Crippen LogP contribution in [0.4, 0.5) is 13.2 Å². The quantitative estimate of drug-likeness (QED) is 0.671. The van der Waals surface area contributed by atoms with Gasteiger partial charge in [0.1, 0.15) is 5.65 Å². The summed E-state index contributed by atoms with van der Waals surface area (Å²) in [5, 5.41) is 0. The Bertz CT molecular complexity index is 886. The number of rotatable bonds is 3. The third-order valence-electron chi connectivity index (χ3n) is 5.02. The number of aromatic nitrogens is 2. The van der Waals surface area contributed by atoms with Crippen LogP contribution in [0.5, 0.6) is 0 Å². The predicted octanol–water partition coefficient (Wildman–Crippen LogP) is 4.78. The Balaban J connectivity index is 1.69. The zero-order chi connectivity index (χ0) is 18.1. The van der Waals surface area contributed by atoms with Crippen LogP contribution in [-0.4, -0.2) is 33.6 Å². The van der Waals surface area contributed by atoms with Gasteiger partial charge in [-0.15, -0.1) is 0 Å². The highest BCUT2D eigenvalue weighted by Crippen LogP contribution is 2.34. The molecule has 0 bridgehead atoms. The van der Waals surface area contributed by atoms with E-state index in [0.717, 1.165) is 22.6 Å². The molecule has 26 heavy (non-hydrogen) atoms. The molecule has 3 nitrogen and oxygen atoms in total. The molecule has 1 aliphatic rings. The second-order valence-corrected chi connectivity index (χ2v) is 6.82. The zero-order valence-electron chi connectivity index (χ0n) is 14.3. The zero-order valence-corrected chi connectivity index (χ0v) is 14.3. The van der Waals surface area contributed by atoms with E-state index < -0.39 is 12.1 Å². The Hall–Kier alpha value is -2.34. The van der Waals surface area contributed by atoms with Crippen LogP contribution in [0.3, 0.4) is 0 Å². The minimum Gasteiger partial charge on any atom is -0.302 e. The molecule has 1 saturated heterocycles. The van der Waals surface area contributed by atoms with Crippen molar-refractivity contribution in [1.82, 2.24) is 14.3 Å². The Morgan fingerprint density at radius 2 is 1.81 bits per heavy atom. The van der Waals surface area contributed by atoms with Crippen molar-refractivity contribution in [2.45, 2.75) is 25.6 Å². The van der Waals surface area contributed by atoms with E-state index in [2.05, 4.69) is 0 Å². The Morgan fingerprint density at radius 3 is 2.58 bits per heavy atom. The molecule has 0 spiro atoms. The van der Waals surface area contributed by atoms with Crippen molar-refractivity contribution in [2.75, 3.05) is 13.1 Å². The maximum atomic E-state index is 13.1. The van der Waals surface area contributed by atoms with Crippen molar-refractivity contribution >= 4 is 5.65 Å². The minimum absolute atomic E-state index is 0.0534. The number of nitrogens with zero attached hydrogens (tertiary/aromatic N) is 3. The summed E-state index contributed by atoms with van der Waals surface area (Å²) in [6.45, 7) is 1.20. The standard InChI is InChI=1S/C20H20F3N3/c21-20(22,23)16-9-6-11-25(13-16)14-17-19(15-7-2-1-3-8-15)24-18-10-4-5-12-26(17)18/h1-5,7-8,10,12,16H,6,9,11,13-14H2/t16-/m0/s1. The SMILES string of the molecule is FC(F)(F)[C@H]1CCCN(Cc2c(-c3ccccc3)nc3ccccn23)C1. The van der Waals surface area contributed by atoms with E-state index in [0.29, 0.717) is 19.5 Å². The van der Waals surface area contributed by atoms with Crippen molar-refractivity contribution in [2.24, 2.45) is 5.92 Å². The average Bonchev–Trinajstić information content (AvgIpc) is 3.01. The summed E-state index contributed by atoms with van der Waals surface area (Å²) in [7, 11) is 0. The fourth-order valence-electron chi connectivity index (χ4n) is 3.70. The molecule has 1 aliphatic heterocycles. The molecule has 136 valence electrons. The van der Waals surface area contributed by atoms with E-state index in [9.17, 15) is 13.2 Å². The number of likely N-dealkylation sites (tertiary alicyclic amines) is 1. The predicted molar refractivity (Wildman–Crippen MR) is 94.7 cm³/mol. The van der Waals surface area contributed by atoms with Crippen LogP contribution in [0.15, 0.2) is 54.7 Å². The van der Waals surface area contributed by atoms with Crippen molar-refractivity contribution in [3.8, 4) is 11.3 Å². The molecular weight excluding hydrogens is 339 g/mol. The molecule has 0 N–H and O–H groups in total. The molecule has 2 aromatic heterocycles. The van der Waals surface area contributed by atoms with E-state index in [1.54, 1.807) is 0 Å². The van der Waals surface area contributed by atoms with E-state index in [1.165, 1.54) is 0 Å². The first-order valence-corrected chi connectivity index (χ1v) is 8.83. The van der Waals surface area contributed by atoms with Crippen LogP contribution in [0.1, 0.15) is 18.5 Å². The number of hydrogen-bond acceptors (Lipinski definition) is 2. The maximum Gasteiger partial charge on any atom is 0.393 e. The number of pyridine rings is 1. The molecule has 0 unspecified atom stereocenters. The first-order valence-electron chi connectivity index (χ1n) is 8.83. The fraction of sp³-hybridized carbons (Fsp3) is 0.350. The molecule has 6 heteroatoms. The summed E-state index contributed by atoms with van der Waals surface area (Å²) in [4.78, 5) is 6.64. The maximum absolute atomic E-state index is 13.1. The molecule has 0 aliphatic carbocycles. The Morgan fingerprint density at radius 1 is 1.04 bits per heavy atom. The highest BCUT2D eigenvalue weighted by Gasteiger charge is 2.41. The Labute approximate surface area is 150 Å². The van der Waals surface area contributed by atoms with Crippen molar-refractivity contribution in [3.63, 3.8) is 0 Å². The lowest BCUT2D eigenvalue weighted by Crippen LogP contribution is -2.41. The van der Waals surface area contributed by atoms with E-state index in [-0.39, 0.29) is 13.0 Å². The van der Waals surface area contributed by atoms with Gasteiger partial charge < -0.3 is 4.40 Å². The van der Waals surface area contributed by atoms with Crippen molar-refractivity contribution < 1.29 is 13.2 Å².